The Morgan fingerprint density at radius 3 is 1.08 bits per heavy atom. The Morgan fingerprint density at radius 2 is 0.664 bits per heavy atom. The van der Waals surface area contributed by atoms with Crippen LogP contribution in [0.25, 0.3) is 154 Å². The van der Waals surface area contributed by atoms with Crippen LogP contribution in [0.4, 0.5) is 40.7 Å². The summed E-state index contributed by atoms with van der Waals surface area (Å²) in [5, 5.41) is 39.0. The first-order valence-electron chi connectivity index (χ1n) is 44.5. The van der Waals surface area contributed by atoms with E-state index in [0.717, 1.165) is 211 Å². The molecule has 22 rings (SSSR count). The first-order valence-corrected chi connectivity index (χ1v) is 44.5. The Labute approximate surface area is 759 Å². The highest BCUT2D eigenvalue weighted by Crippen LogP contribution is 2.37. The van der Waals surface area contributed by atoms with Gasteiger partial charge in [-0.2, -0.15) is 0 Å². The van der Waals surface area contributed by atoms with Crippen LogP contribution in [-0.2, 0) is 40.3 Å². The molecule has 131 heavy (non-hydrogen) atoms. The summed E-state index contributed by atoms with van der Waals surface area (Å²) in [6, 6.07) is 66.1. The predicted molar refractivity (Wildman–Crippen MR) is 541 cm³/mol. The number of fused-ring (bicyclic) bond motifs is 21. The molecule has 1 atom stereocenters. The molecule has 29 nitrogen and oxygen atoms in total. The first-order chi connectivity index (χ1) is 63.9. The summed E-state index contributed by atoms with van der Waals surface area (Å²) < 4.78 is 15.0. The Bertz CT molecular complexity index is 7810. The molecule has 0 spiro atoms. The summed E-state index contributed by atoms with van der Waals surface area (Å²) in [6.07, 6.45) is 14.7. The van der Waals surface area contributed by atoms with Gasteiger partial charge in [-0.05, 0) is 93.6 Å². The summed E-state index contributed by atoms with van der Waals surface area (Å²) in [6.45, 7) is 18.6. The van der Waals surface area contributed by atoms with Gasteiger partial charge in [0, 0.05) is 133 Å². The lowest BCUT2D eigenvalue weighted by atomic mass is 10.1. The molecule has 22 aromatic rings. The molecule has 0 amide bonds. The molecule has 0 saturated heterocycles. The second kappa shape index (κ2) is 39.8. The third kappa shape index (κ3) is 17.9. The van der Waals surface area contributed by atoms with Gasteiger partial charge in [-0.1, -0.05) is 185 Å². The molecule has 14 aromatic heterocycles. The van der Waals surface area contributed by atoms with Crippen LogP contribution in [0.15, 0.2) is 232 Å². The molecule has 0 aliphatic heterocycles. The van der Waals surface area contributed by atoms with Crippen LogP contribution in [0.2, 0.25) is 0 Å². The molecule has 29 heteroatoms. The van der Waals surface area contributed by atoms with Crippen LogP contribution >= 0.6 is 0 Å². The SMILES string of the molecule is CCC(C)n1cnc2c(NC)nc3ccccc3c21.CCCCn1cnc2c(NC)nc3ccccc3c21.CNc1nc2ccc(C)cc2c2c1nc(C)n2C.CNc1nc2ccccc2c2c1ncn2C.CNc1nc2ccccc2c2c1ncn2CC(C)C.CNc1nc2ccccc2c2c1ncn2CCO.CNc1nc2ccccc2c2c1ncn2Cc1ccccc1. The van der Waals surface area contributed by atoms with E-state index in [0.29, 0.717) is 18.5 Å². The van der Waals surface area contributed by atoms with Gasteiger partial charge in [0.2, 0.25) is 0 Å². The molecule has 0 aliphatic rings. The quantitative estimate of drug-likeness (QED) is 0.0396. The van der Waals surface area contributed by atoms with E-state index in [9.17, 15) is 0 Å². The van der Waals surface area contributed by atoms with Crippen molar-refractivity contribution in [2.45, 2.75) is 99.9 Å². The minimum absolute atomic E-state index is 0.0942. The second-order valence-corrected chi connectivity index (χ2v) is 32.6. The number of anilines is 7. The average Bonchev–Trinajstić information content (AvgIpc) is 1.60. The van der Waals surface area contributed by atoms with E-state index < -0.39 is 0 Å². The minimum Gasteiger partial charge on any atom is -0.395 e. The predicted octanol–water partition coefficient (Wildman–Crippen LogP) is 20.5. The topological polar surface area (TPSA) is 319 Å². The number of benzene rings is 8. The van der Waals surface area contributed by atoms with Gasteiger partial charge in [-0.3, -0.25) is 0 Å². The van der Waals surface area contributed by atoms with E-state index in [-0.39, 0.29) is 6.61 Å². The summed E-state index contributed by atoms with van der Waals surface area (Å²) in [5.74, 6) is 7.37. The van der Waals surface area contributed by atoms with Crippen molar-refractivity contribution in [1.82, 2.24) is 102 Å². The van der Waals surface area contributed by atoms with Gasteiger partial charge in [0.25, 0.3) is 0 Å². The number of imidazole rings is 7. The van der Waals surface area contributed by atoms with E-state index in [4.69, 9.17) is 5.11 Å². The number of para-hydroxylation sites is 6. The second-order valence-electron chi connectivity index (χ2n) is 32.6. The van der Waals surface area contributed by atoms with E-state index in [1.807, 2.05) is 214 Å². The van der Waals surface area contributed by atoms with Crippen molar-refractivity contribution in [2.75, 3.05) is 93.2 Å². The fraction of sp³-hybridized carbons (Fsp3) is 0.255. The van der Waals surface area contributed by atoms with Crippen LogP contribution in [0.3, 0.4) is 0 Å². The third-order valence-corrected chi connectivity index (χ3v) is 23.5. The summed E-state index contributed by atoms with van der Waals surface area (Å²) in [7, 11) is 17.2. The van der Waals surface area contributed by atoms with Crippen LogP contribution in [-0.4, -0.2) is 163 Å². The Balaban J connectivity index is 0.000000112. The number of aryl methyl sites for hydroxylation is 5. The van der Waals surface area contributed by atoms with Crippen LogP contribution in [0, 0.1) is 19.8 Å². The highest BCUT2D eigenvalue weighted by Gasteiger charge is 2.22. The van der Waals surface area contributed by atoms with Crippen molar-refractivity contribution in [3.63, 3.8) is 0 Å². The van der Waals surface area contributed by atoms with E-state index in [1.54, 1.807) is 6.33 Å². The molecule has 0 bridgehead atoms. The number of pyridine rings is 7. The largest absolute Gasteiger partial charge is 0.395 e. The highest BCUT2D eigenvalue weighted by molar-refractivity contribution is 6.12. The zero-order chi connectivity index (χ0) is 91.5. The monoisotopic (exact) mass is 1740 g/mol. The molecule has 0 fully saturated rings. The Morgan fingerprint density at radius 1 is 0.328 bits per heavy atom. The number of unbranched alkanes of at least 4 members (excludes halogenated alkanes) is 1. The molecular formula is C102H112N28O. The van der Waals surface area contributed by atoms with Crippen molar-refractivity contribution in [3.05, 3.63) is 249 Å². The lowest BCUT2D eigenvalue weighted by Crippen LogP contribution is -2.03. The van der Waals surface area contributed by atoms with Crippen molar-refractivity contribution >= 4 is 194 Å². The van der Waals surface area contributed by atoms with Gasteiger partial charge in [-0.25, -0.2) is 69.8 Å². The van der Waals surface area contributed by atoms with Crippen molar-refractivity contribution < 1.29 is 5.11 Å². The number of aliphatic hydroxyl groups is 1. The average molecular weight is 1750 g/mol. The first kappa shape index (κ1) is 88.9. The zero-order valence-corrected chi connectivity index (χ0v) is 77.1. The maximum absolute atomic E-state index is 9.12. The number of nitrogens with zero attached hydrogens (tertiary/aromatic N) is 21. The summed E-state index contributed by atoms with van der Waals surface area (Å²) in [5.41, 5.74) is 23.8. The molecule has 8 aromatic carbocycles. The number of hydrogen-bond donors (Lipinski definition) is 8. The number of aromatic nitrogens is 21. The van der Waals surface area contributed by atoms with Gasteiger partial charge >= 0.3 is 0 Å². The molecule has 14 heterocycles. The van der Waals surface area contributed by atoms with Crippen molar-refractivity contribution in [1.29, 1.82) is 0 Å². The molecule has 0 radical (unpaired) electrons. The summed E-state index contributed by atoms with van der Waals surface area (Å²) in [4.78, 5) is 63.8. The fourth-order valence-corrected chi connectivity index (χ4v) is 16.9. The zero-order valence-electron chi connectivity index (χ0n) is 77.1. The maximum atomic E-state index is 9.12. The van der Waals surface area contributed by atoms with E-state index >= 15 is 0 Å². The van der Waals surface area contributed by atoms with E-state index in [2.05, 4.69) is 262 Å². The number of nitrogens with one attached hydrogen (secondary N) is 7. The highest BCUT2D eigenvalue weighted by atomic mass is 16.3. The Kier molecular flexibility index (Phi) is 27.0. The van der Waals surface area contributed by atoms with Crippen molar-refractivity contribution in [3.8, 4) is 0 Å². The lowest BCUT2D eigenvalue weighted by Gasteiger charge is -2.13. The molecule has 8 N–H and O–H groups in total. The smallest absolute Gasteiger partial charge is 0.154 e. The van der Waals surface area contributed by atoms with Crippen LogP contribution in [0.5, 0.6) is 0 Å². The molecule has 0 aliphatic carbocycles. The molecule has 0 saturated carbocycles. The van der Waals surface area contributed by atoms with E-state index in [1.165, 1.54) is 39.5 Å². The fourth-order valence-electron chi connectivity index (χ4n) is 16.9. The number of rotatable bonds is 18. The molecule has 1 unspecified atom stereocenters. The molecular weight excluding hydrogens is 1630 g/mol. The number of hydrogen-bond acceptors (Lipinski definition) is 22. The van der Waals surface area contributed by atoms with Crippen molar-refractivity contribution in [2.24, 2.45) is 20.0 Å². The van der Waals surface area contributed by atoms with Crippen LogP contribution in [0.1, 0.15) is 76.9 Å². The maximum Gasteiger partial charge on any atom is 0.154 e. The standard InChI is InChI=1S/C18H16N4.3C15H18N4.C14H16N4.C13H14N4O.C12H12N4/c1-19-18-16-17(14-9-5-6-10-15(14)21-18)22(12-20-16)11-13-7-3-2-4-8-13;1-10(2)8-19-9-17-13-14(19)11-6-4-5-7-12(11)18-15(13)16-3;1-4-10(2)19-9-17-13-14(19)11-7-5-6-8-12(11)18-15(13)16-3;1-3-4-9-19-10-17-13-14(19)11-7-5-6-8-12(11)18-15(13)16-2;1-8-5-6-11-10(7-8)13-12(14(15-3)17-11)16-9(2)18(13)4;1-14-13-11-12(17(6-7-18)8-15-11)9-4-2-3-5-10(9)16-13;1-13-12-10-11(16(2)7-14-10)8-5-3-4-6-9(8)15-12/h2-10,12H,11H2,1H3,(H,19,21);4-7,9-10H,8H2,1-3H3,(H,16,18);5-10H,4H2,1-3H3,(H,16,18);5-8,10H,3-4,9H2,1-2H3,(H,16,18);5-7H,1-4H3,(H,15,17);2-5,8,18H,6-7H2,1H3,(H,14,16);3-7H,1-2H3,(H,13,15). The van der Waals surface area contributed by atoms with Gasteiger partial charge in [0.05, 0.1) is 122 Å². The van der Waals surface area contributed by atoms with Crippen LogP contribution < -0.4 is 37.2 Å². The minimum atomic E-state index is 0.0942. The lowest BCUT2D eigenvalue weighted by molar-refractivity contribution is 0.278. The molecule has 666 valence electrons. The van der Waals surface area contributed by atoms with Gasteiger partial charge in [0.15, 0.2) is 40.7 Å². The summed E-state index contributed by atoms with van der Waals surface area (Å²) >= 11 is 0. The van der Waals surface area contributed by atoms with Gasteiger partial charge in [0.1, 0.15) is 44.4 Å². The number of aliphatic hydroxyl groups excluding tert-OH is 1. The normalized spacial score (nSPS) is 11.5. The Hall–Kier alpha value is -15.5. The third-order valence-electron chi connectivity index (χ3n) is 23.5. The van der Waals surface area contributed by atoms with Gasteiger partial charge < -0.3 is 74.3 Å². The van der Waals surface area contributed by atoms with Gasteiger partial charge in [-0.15, -0.1) is 0 Å².